The third-order valence-electron chi connectivity index (χ3n) is 2.22. The third-order valence-corrected chi connectivity index (χ3v) is 2.22. The number of carbonyl (C=O) groups is 1. The second kappa shape index (κ2) is 3.78. The van der Waals surface area contributed by atoms with Gasteiger partial charge in [0.15, 0.2) is 5.69 Å². The number of hydrogen-bond acceptors (Lipinski definition) is 3. The van der Waals surface area contributed by atoms with Gasteiger partial charge in [0.2, 0.25) is 0 Å². The number of rotatable bonds is 2. The van der Waals surface area contributed by atoms with Crippen LogP contribution in [0.3, 0.4) is 0 Å². The van der Waals surface area contributed by atoms with E-state index in [4.69, 9.17) is 0 Å². The summed E-state index contributed by atoms with van der Waals surface area (Å²) in [6.45, 7) is -0.351. The Morgan fingerprint density at radius 3 is 2.88 bits per heavy atom. The maximum atomic E-state index is 11.9. The van der Waals surface area contributed by atoms with Crippen LogP contribution < -0.4 is 10.6 Å². The van der Waals surface area contributed by atoms with E-state index in [-0.39, 0.29) is 5.69 Å². The molecule has 0 atom stereocenters. The second-order valence-corrected chi connectivity index (χ2v) is 3.43. The number of amides is 1. The normalized spacial score (nSPS) is 14.9. The van der Waals surface area contributed by atoms with Crippen molar-refractivity contribution in [2.75, 3.05) is 6.54 Å². The number of H-pyrrole nitrogens is 1. The van der Waals surface area contributed by atoms with Crippen LogP contribution in [0.2, 0.25) is 0 Å². The number of carbonyl (C=O) groups excluding carboxylic acids is 1. The highest BCUT2D eigenvalue weighted by atomic mass is 19.4. The lowest BCUT2D eigenvalue weighted by Gasteiger charge is -2.07. The van der Waals surface area contributed by atoms with Crippen molar-refractivity contribution in [2.24, 2.45) is 0 Å². The van der Waals surface area contributed by atoms with E-state index in [2.05, 4.69) is 15.5 Å². The molecular formula is C8H9F3N4O. The van der Waals surface area contributed by atoms with E-state index in [0.717, 1.165) is 5.69 Å². The number of aromatic amines is 1. The molecule has 0 bridgehead atoms. The summed E-state index contributed by atoms with van der Waals surface area (Å²) >= 11 is 0. The zero-order chi connectivity index (χ0) is 11.8. The maximum absolute atomic E-state index is 11.9. The monoisotopic (exact) mass is 234 g/mol. The summed E-state index contributed by atoms with van der Waals surface area (Å²) in [7, 11) is 0. The number of aromatic nitrogens is 2. The predicted octanol–water partition coefficient (Wildman–Crippen LogP) is 0.305. The van der Waals surface area contributed by atoms with Gasteiger partial charge in [0.25, 0.3) is 5.91 Å². The van der Waals surface area contributed by atoms with Crippen molar-refractivity contribution in [1.82, 2.24) is 20.8 Å². The third kappa shape index (κ3) is 2.16. The van der Waals surface area contributed by atoms with Crippen LogP contribution in [-0.4, -0.2) is 28.8 Å². The maximum Gasteiger partial charge on any atom is 0.405 e. The molecule has 88 valence electrons. The summed E-state index contributed by atoms with van der Waals surface area (Å²) in [5.74, 6) is -0.807. The minimum Gasteiger partial charge on any atom is -0.342 e. The van der Waals surface area contributed by atoms with Crippen LogP contribution >= 0.6 is 0 Å². The fourth-order valence-electron chi connectivity index (χ4n) is 1.50. The molecule has 8 heteroatoms. The molecule has 1 aliphatic heterocycles. The molecule has 2 rings (SSSR count). The van der Waals surface area contributed by atoms with E-state index in [9.17, 15) is 18.0 Å². The lowest BCUT2D eigenvalue weighted by Crippen LogP contribution is -2.34. The lowest BCUT2D eigenvalue weighted by molar-refractivity contribution is -0.123. The standard InChI is InChI=1S/C8H9F3N4O/c9-8(10,11)3-13-7(16)6-4-1-12-2-5(4)14-15-6/h12H,1-3H2,(H,13,16)(H,14,15). The van der Waals surface area contributed by atoms with Crippen LogP contribution in [0, 0.1) is 0 Å². The number of nitrogens with zero attached hydrogens (tertiary/aromatic N) is 1. The first-order valence-electron chi connectivity index (χ1n) is 4.59. The second-order valence-electron chi connectivity index (χ2n) is 3.43. The van der Waals surface area contributed by atoms with Crippen LogP contribution in [0.4, 0.5) is 13.2 Å². The molecule has 1 aromatic rings. The first kappa shape index (κ1) is 10.9. The van der Waals surface area contributed by atoms with Crippen LogP contribution in [0.25, 0.3) is 0 Å². The molecule has 0 unspecified atom stereocenters. The summed E-state index contributed by atoms with van der Waals surface area (Å²) in [6, 6.07) is 0. The molecule has 0 spiro atoms. The van der Waals surface area contributed by atoms with Crippen molar-refractivity contribution in [2.45, 2.75) is 19.3 Å². The lowest BCUT2D eigenvalue weighted by atomic mass is 10.2. The Bertz CT molecular complexity index is 412. The molecule has 2 heterocycles. The summed E-state index contributed by atoms with van der Waals surface area (Å²) in [6.07, 6.45) is -4.41. The van der Waals surface area contributed by atoms with Gasteiger partial charge >= 0.3 is 6.18 Å². The van der Waals surface area contributed by atoms with E-state index in [1.165, 1.54) is 0 Å². The zero-order valence-corrected chi connectivity index (χ0v) is 8.11. The van der Waals surface area contributed by atoms with Crippen LogP contribution in [0.1, 0.15) is 21.7 Å². The highest BCUT2D eigenvalue weighted by Crippen LogP contribution is 2.17. The average Bonchev–Trinajstić information content (AvgIpc) is 2.73. The highest BCUT2D eigenvalue weighted by Gasteiger charge is 2.29. The van der Waals surface area contributed by atoms with Crippen molar-refractivity contribution < 1.29 is 18.0 Å². The van der Waals surface area contributed by atoms with Gasteiger partial charge in [-0.15, -0.1) is 0 Å². The van der Waals surface area contributed by atoms with Gasteiger partial charge in [0, 0.05) is 18.7 Å². The summed E-state index contributed by atoms with van der Waals surface area (Å²) in [4.78, 5) is 11.4. The van der Waals surface area contributed by atoms with E-state index in [1.54, 1.807) is 5.32 Å². The van der Waals surface area contributed by atoms with Gasteiger partial charge in [-0.3, -0.25) is 9.89 Å². The summed E-state index contributed by atoms with van der Waals surface area (Å²) < 4.78 is 35.6. The summed E-state index contributed by atoms with van der Waals surface area (Å²) in [5, 5.41) is 11.0. The quantitative estimate of drug-likeness (QED) is 0.689. The van der Waals surface area contributed by atoms with Crippen LogP contribution in [0.5, 0.6) is 0 Å². The largest absolute Gasteiger partial charge is 0.405 e. The molecule has 16 heavy (non-hydrogen) atoms. The molecule has 0 saturated heterocycles. The van der Waals surface area contributed by atoms with Gasteiger partial charge in [-0.1, -0.05) is 0 Å². The van der Waals surface area contributed by atoms with Gasteiger partial charge in [-0.25, -0.2) is 0 Å². The Labute approximate surface area is 88.4 Å². The molecule has 0 radical (unpaired) electrons. The minimum atomic E-state index is -4.41. The number of nitrogens with one attached hydrogen (secondary N) is 3. The fourth-order valence-corrected chi connectivity index (χ4v) is 1.50. The van der Waals surface area contributed by atoms with Gasteiger partial charge in [-0.2, -0.15) is 18.3 Å². The van der Waals surface area contributed by atoms with Crippen LogP contribution in [-0.2, 0) is 13.1 Å². The van der Waals surface area contributed by atoms with Crippen molar-refractivity contribution in [1.29, 1.82) is 0 Å². The molecule has 1 amide bonds. The first-order valence-corrected chi connectivity index (χ1v) is 4.59. The molecule has 1 aromatic heterocycles. The minimum absolute atomic E-state index is 0.0317. The molecular weight excluding hydrogens is 225 g/mol. The smallest absolute Gasteiger partial charge is 0.342 e. The SMILES string of the molecule is O=C(NCC(F)(F)F)c1n[nH]c2c1CNC2. The first-order chi connectivity index (χ1) is 7.47. The Kier molecular flexibility index (Phi) is 2.58. The molecule has 0 aromatic carbocycles. The molecule has 0 aliphatic carbocycles. The number of halogens is 3. The van der Waals surface area contributed by atoms with Crippen molar-refractivity contribution >= 4 is 5.91 Å². The summed E-state index contributed by atoms with van der Waals surface area (Å²) in [5.41, 5.74) is 1.42. The topological polar surface area (TPSA) is 69.8 Å². The predicted molar refractivity (Wildman–Crippen MR) is 47.5 cm³/mol. The molecule has 1 aliphatic rings. The zero-order valence-electron chi connectivity index (χ0n) is 8.11. The van der Waals surface area contributed by atoms with Gasteiger partial charge in [-0.05, 0) is 0 Å². The van der Waals surface area contributed by atoms with Crippen LogP contribution in [0.15, 0.2) is 0 Å². The van der Waals surface area contributed by atoms with Gasteiger partial charge in [0.1, 0.15) is 6.54 Å². The van der Waals surface area contributed by atoms with Gasteiger partial charge in [0.05, 0.1) is 5.69 Å². The Morgan fingerprint density at radius 1 is 1.44 bits per heavy atom. The fraction of sp³-hybridized carbons (Fsp3) is 0.500. The van der Waals surface area contributed by atoms with Crippen molar-refractivity contribution in [3.05, 3.63) is 17.0 Å². The number of hydrogen-bond donors (Lipinski definition) is 3. The Balaban J connectivity index is 2.04. The molecule has 3 N–H and O–H groups in total. The molecule has 0 fully saturated rings. The Hall–Kier alpha value is -1.57. The van der Waals surface area contributed by atoms with Crippen molar-refractivity contribution in [3.8, 4) is 0 Å². The molecule has 5 nitrogen and oxygen atoms in total. The number of alkyl halides is 3. The van der Waals surface area contributed by atoms with Crippen molar-refractivity contribution in [3.63, 3.8) is 0 Å². The highest BCUT2D eigenvalue weighted by molar-refractivity contribution is 5.94. The number of fused-ring (bicyclic) bond motifs is 1. The van der Waals surface area contributed by atoms with E-state index in [1.807, 2.05) is 0 Å². The van der Waals surface area contributed by atoms with Gasteiger partial charge < -0.3 is 10.6 Å². The molecule has 0 saturated carbocycles. The van der Waals surface area contributed by atoms with E-state index in [0.29, 0.717) is 18.7 Å². The van der Waals surface area contributed by atoms with E-state index >= 15 is 0 Å². The average molecular weight is 234 g/mol. The van der Waals surface area contributed by atoms with E-state index < -0.39 is 18.6 Å². The Morgan fingerprint density at radius 2 is 2.19 bits per heavy atom.